The van der Waals surface area contributed by atoms with Crippen molar-refractivity contribution in [1.82, 2.24) is 4.57 Å². The maximum absolute atomic E-state index is 2.38. The number of hydrogen-bond acceptors (Lipinski definition) is 0. The topological polar surface area (TPSA) is 4.93 Å². The quantitative estimate of drug-likeness (QED) is 0.251. The summed E-state index contributed by atoms with van der Waals surface area (Å²) in [4.78, 5) is 0. The van der Waals surface area contributed by atoms with Crippen LogP contribution in [0.3, 0.4) is 0 Å². The second kappa shape index (κ2) is 6.94. The van der Waals surface area contributed by atoms with Crippen molar-refractivity contribution >= 4 is 32.6 Å². The van der Waals surface area contributed by atoms with Crippen LogP contribution in [-0.2, 0) is 0 Å². The van der Waals surface area contributed by atoms with Gasteiger partial charge in [0, 0.05) is 16.5 Å². The lowest BCUT2D eigenvalue weighted by Crippen LogP contribution is -1.92. The molecular weight excluding hydrogens is 422 g/mol. The molecule has 1 nitrogen and oxygen atoms in total. The van der Waals surface area contributed by atoms with Crippen LogP contribution in [0.2, 0.25) is 0 Å². The standard InChI is InChI=1S/C34H21N/c1-2-10-25(11-3-1)35-32-16-7-6-14-28(32)30-20-22(17-18-33(30)35)24-19-23-9-8-15-29-26-12-4-5-13-27(26)31(21-24)34(23)29/h1-21H. The molecule has 6 aromatic carbocycles. The van der Waals surface area contributed by atoms with E-state index in [0.717, 1.165) is 0 Å². The summed E-state index contributed by atoms with van der Waals surface area (Å²) >= 11 is 0. The molecule has 0 saturated heterocycles. The van der Waals surface area contributed by atoms with E-state index in [4.69, 9.17) is 0 Å². The molecule has 0 amide bonds. The molecule has 0 saturated carbocycles. The second-order valence-electron chi connectivity index (χ2n) is 9.39. The Labute approximate surface area is 203 Å². The van der Waals surface area contributed by atoms with Gasteiger partial charge in [-0.05, 0) is 86.6 Å². The fourth-order valence-corrected chi connectivity index (χ4v) is 5.99. The summed E-state index contributed by atoms with van der Waals surface area (Å²) in [6.07, 6.45) is 0. The Morgan fingerprint density at radius 1 is 0.400 bits per heavy atom. The van der Waals surface area contributed by atoms with Crippen LogP contribution in [0.25, 0.3) is 71.6 Å². The van der Waals surface area contributed by atoms with Crippen LogP contribution in [0.4, 0.5) is 0 Å². The molecule has 7 aromatic rings. The molecule has 35 heavy (non-hydrogen) atoms. The van der Waals surface area contributed by atoms with E-state index in [1.165, 1.54) is 71.6 Å². The number of nitrogens with zero attached hydrogens (tertiary/aromatic N) is 1. The van der Waals surface area contributed by atoms with Gasteiger partial charge in [-0.2, -0.15) is 0 Å². The molecule has 0 N–H and O–H groups in total. The SMILES string of the molecule is c1ccc(-n2c3ccccc3c3cc(-c4cc5c6c(cccc6c4)-c4ccccc4-5)ccc32)cc1. The van der Waals surface area contributed by atoms with Crippen molar-refractivity contribution in [2.75, 3.05) is 0 Å². The van der Waals surface area contributed by atoms with Gasteiger partial charge < -0.3 is 4.57 Å². The van der Waals surface area contributed by atoms with Crippen molar-refractivity contribution in [3.05, 3.63) is 127 Å². The first kappa shape index (κ1) is 18.8. The van der Waals surface area contributed by atoms with E-state index in [1.54, 1.807) is 0 Å². The van der Waals surface area contributed by atoms with E-state index in [0.29, 0.717) is 0 Å². The largest absolute Gasteiger partial charge is 0.309 e. The summed E-state index contributed by atoms with van der Waals surface area (Å²) in [5.74, 6) is 0. The van der Waals surface area contributed by atoms with E-state index in [9.17, 15) is 0 Å². The molecule has 1 heterocycles. The van der Waals surface area contributed by atoms with E-state index < -0.39 is 0 Å². The number of hydrogen-bond donors (Lipinski definition) is 0. The zero-order valence-corrected chi connectivity index (χ0v) is 19.1. The maximum Gasteiger partial charge on any atom is 0.0541 e. The van der Waals surface area contributed by atoms with Gasteiger partial charge in [0.2, 0.25) is 0 Å². The van der Waals surface area contributed by atoms with Crippen molar-refractivity contribution in [3.63, 3.8) is 0 Å². The van der Waals surface area contributed by atoms with Gasteiger partial charge in [0.15, 0.2) is 0 Å². The second-order valence-corrected chi connectivity index (χ2v) is 9.39. The zero-order chi connectivity index (χ0) is 22.9. The third-order valence-electron chi connectivity index (χ3n) is 7.50. The Morgan fingerprint density at radius 2 is 1.11 bits per heavy atom. The van der Waals surface area contributed by atoms with Crippen molar-refractivity contribution in [3.8, 4) is 39.1 Å². The summed E-state index contributed by atoms with van der Waals surface area (Å²) in [6, 6.07) is 46.5. The highest BCUT2D eigenvalue weighted by atomic mass is 15.0. The first-order chi connectivity index (χ1) is 17.4. The van der Waals surface area contributed by atoms with Crippen molar-refractivity contribution in [2.45, 2.75) is 0 Å². The molecule has 162 valence electrons. The van der Waals surface area contributed by atoms with Crippen LogP contribution in [-0.4, -0.2) is 4.57 Å². The van der Waals surface area contributed by atoms with Crippen molar-refractivity contribution < 1.29 is 0 Å². The van der Waals surface area contributed by atoms with Gasteiger partial charge in [-0.1, -0.05) is 84.9 Å². The van der Waals surface area contributed by atoms with E-state index in [-0.39, 0.29) is 0 Å². The molecule has 1 aliphatic carbocycles. The lowest BCUT2D eigenvalue weighted by Gasteiger charge is -2.10. The Bertz CT molecular complexity index is 1940. The minimum Gasteiger partial charge on any atom is -0.309 e. The molecule has 0 bridgehead atoms. The average molecular weight is 444 g/mol. The Balaban J connectivity index is 1.40. The Hall–Kier alpha value is -4.62. The summed E-state index contributed by atoms with van der Waals surface area (Å²) in [7, 11) is 0. The van der Waals surface area contributed by atoms with Gasteiger partial charge in [0.05, 0.1) is 11.0 Å². The molecule has 8 rings (SSSR count). The van der Waals surface area contributed by atoms with Gasteiger partial charge in [0.1, 0.15) is 0 Å². The minimum absolute atomic E-state index is 1.19. The van der Waals surface area contributed by atoms with Gasteiger partial charge >= 0.3 is 0 Å². The van der Waals surface area contributed by atoms with Crippen molar-refractivity contribution in [1.29, 1.82) is 0 Å². The number of benzene rings is 6. The highest BCUT2D eigenvalue weighted by Gasteiger charge is 2.22. The predicted molar refractivity (Wildman–Crippen MR) is 148 cm³/mol. The number of fused-ring (bicyclic) bond motifs is 6. The molecule has 0 spiro atoms. The normalized spacial score (nSPS) is 12.0. The fourth-order valence-electron chi connectivity index (χ4n) is 5.99. The summed E-state index contributed by atoms with van der Waals surface area (Å²) in [5.41, 5.74) is 11.5. The van der Waals surface area contributed by atoms with Crippen LogP contribution in [0.15, 0.2) is 127 Å². The predicted octanol–water partition coefficient (Wildman–Crippen LogP) is 9.25. The average Bonchev–Trinajstić information content (AvgIpc) is 3.43. The molecule has 0 unspecified atom stereocenters. The molecule has 0 aliphatic heterocycles. The van der Waals surface area contributed by atoms with Crippen LogP contribution < -0.4 is 0 Å². The minimum atomic E-state index is 1.19. The molecular formula is C34H21N. The smallest absolute Gasteiger partial charge is 0.0541 e. The highest BCUT2D eigenvalue weighted by Crippen LogP contribution is 2.48. The molecule has 0 radical (unpaired) electrons. The van der Waals surface area contributed by atoms with Crippen LogP contribution in [0.5, 0.6) is 0 Å². The lowest BCUT2D eigenvalue weighted by atomic mass is 9.95. The lowest BCUT2D eigenvalue weighted by molar-refractivity contribution is 1.18. The monoisotopic (exact) mass is 443 g/mol. The Morgan fingerprint density at radius 3 is 2.00 bits per heavy atom. The number of rotatable bonds is 2. The third-order valence-corrected chi connectivity index (χ3v) is 7.50. The molecule has 1 heteroatoms. The zero-order valence-electron chi connectivity index (χ0n) is 19.1. The van der Waals surface area contributed by atoms with Crippen molar-refractivity contribution in [2.24, 2.45) is 0 Å². The first-order valence-electron chi connectivity index (χ1n) is 12.1. The van der Waals surface area contributed by atoms with Gasteiger partial charge in [0.25, 0.3) is 0 Å². The van der Waals surface area contributed by atoms with Crippen LogP contribution >= 0.6 is 0 Å². The maximum atomic E-state index is 2.38. The van der Waals surface area contributed by atoms with Crippen LogP contribution in [0, 0.1) is 0 Å². The molecule has 0 fully saturated rings. The van der Waals surface area contributed by atoms with Gasteiger partial charge in [-0.15, -0.1) is 0 Å². The van der Waals surface area contributed by atoms with Crippen LogP contribution in [0.1, 0.15) is 0 Å². The summed E-state index contributed by atoms with van der Waals surface area (Å²) < 4.78 is 2.37. The molecule has 1 aromatic heterocycles. The number of aromatic nitrogens is 1. The Kier molecular flexibility index (Phi) is 3.72. The number of para-hydroxylation sites is 2. The van der Waals surface area contributed by atoms with Gasteiger partial charge in [-0.3, -0.25) is 0 Å². The summed E-state index contributed by atoms with van der Waals surface area (Å²) in [5, 5.41) is 5.25. The third kappa shape index (κ3) is 2.58. The van der Waals surface area contributed by atoms with Gasteiger partial charge in [-0.25, -0.2) is 0 Å². The van der Waals surface area contributed by atoms with E-state index >= 15 is 0 Å². The molecule has 0 atom stereocenters. The van der Waals surface area contributed by atoms with E-state index in [1.807, 2.05) is 0 Å². The fraction of sp³-hybridized carbons (Fsp3) is 0. The molecule has 1 aliphatic rings. The van der Waals surface area contributed by atoms with E-state index in [2.05, 4.69) is 132 Å². The highest BCUT2D eigenvalue weighted by molar-refractivity contribution is 6.17. The first-order valence-corrected chi connectivity index (χ1v) is 12.1. The summed E-state index contributed by atoms with van der Waals surface area (Å²) in [6.45, 7) is 0.